The lowest BCUT2D eigenvalue weighted by atomic mass is 10.0. The third-order valence-electron chi connectivity index (χ3n) is 4.04. The number of hydrogen-bond donors (Lipinski definition) is 4. The minimum absolute atomic E-state index is 0.0430. The van der Waals surface area contributed by atoms with Gasteiger partial charge in [-0.25, -0.2) is 9.78 Å². The van der Waals surface area contributed by atoms with Crippen LogP contribution in [0.2, 0.25) is 0 Å². The smallest absolute Gasteiger partial charge is 0.354 e. The number of nitrogens with zero attached hydrogens (tertiary/aromatic N) is 2. The Hall–Kier alpha value is -3.23. The van der Waals surface area contributed by atoms with Gasteiger partial charge in [-0.1, -0.05) is 0 Å². The van der Waals surface area contributed by atoms with Crippen LogP contribution in [0, 0.1) is 6.92 Å². The van der Waals surface area contributed by atoms with E-state index in [2.05, 4.69) is 20.3 Å². The highest BCUT2D eigenvalue weighted by molar-refractivity contribution is 5.89. The molecule has 124 valence electrons. The van der Waals surface area contributed by atoms with E-state index >= 15 is 0 Å². The number of carboxylic acids is 1. The molecule has 1 fully saturated rings. The molecule has 0 aromatic carbocycles. The predicted molar refractivity (Wildman–Crippen MR) is 84.2 cm³/mol. The van der Waals surface area contributed by atoms with Crippen LogP contribution < -0.4 is 16.6 Å². The third-order valence-corrected chi connectivity index (χ3v) is 4.04. The summed E-state index contributed by atoms with van der Waals surface area (Å²) < 4.78 is 0. The van der Waals surface area contributed by atoms with Crippen LogP contribution in [0.3, 0.4) is 0 Å². The van der Waals surface area contributed by atoms with Gasteiger partial charge in [0, 0.05) is 11.9 Å². The molecule has 2 aromatic rings. The number of anilines is 2. The fourth-order valence-electron chi connectivity index (χ4n) is 2.49. The van der Waals surface area contributed by atoms with Crippen LogP contribution >= 0.6 is 0 Å². The summed E-state index contributed by atoms with van der Waals surface area (Å²) in [6.45, 7) is 1.48. The number of aromatic carboxylic acids is 1. The molecule has 2 aromatic heterocycles. The highest BCUT2D eigenvalue weighted by Gasteiger charge is 2.51. The zero-order chi connectivity index (χ0) is 17.5. The van der Waals surface area contributed by atoms with E-state index in [1.807, 2.05) is 0 Å². The van der Waals surface area contributed by atoms with Gasteiger partial charge in [0.1, 0.15) is 5.69 Å². The summed E-state index contributed by atoms with van der Waals surface area (Å²) in [6.07, 6.45) is 2.79. The van der Waals surface area contributed by atoms with E-state index in [1.165, 1.54) is 13.1 Å². The number of carbonyl (C=O) groups is 2. The lowest BCUT2D eigenvalue weighted by Crippen LogP contribution is -2.29. The number of nitrogens with two attached hydrogens (primary N) is 1. The Bertz CT molecular complexity index is 901. The van der Waals surface area contributed by atoms with Gasteiger partial charge in [-0.2, -0.15) is 0 Å². The lowest BCUT2D eigenvalue weighted by Gasteiger charge is -2.12. The van der Waals surface area contributed by atoms with Crippen LogP contribution in [0.4, 0.5) is 11.5 Å². The number of aryl methyl sites for hydroxylation is 1. The molecule has 0 bridgehead atoms. The number of H-pyrrole nitrogens is 1. The summed E-state index contributed by atoms with van der Waals surface area (Å²) in [7, 11) is 0. The second kappa shape index (κ2) is 5.44. The summed E-state index contributed by atoms with van der Waals surface area (Å²) in [5.74, 6) is -1.73. The minimum Gasteiger partial charge on any atom is -0.477 e. The molecular formula is C15H15N5O4. The van der Waals surface area contributed by atoms with Crippen LogP contribution in [0.1, 0.15) is 34.7 Å². The van der Waals surface area contributed by atoms with Crippen LogP contribution in [-0.2, 0) is 10.2 Å². The molecule has 0 spiro atoms. The average Bonchev–Trinajstić information content (AvgIpc) is 3.32. The topological polar surface area (TPSA) is 151 Å². The van der Waals surface area contributed by atoms with E-state index in [4.69, 9.17) is 10.8 Å². The molecule has 9 heteroatoms. The monoisotopic (exact) mass is 329 g/mol. The van der Waals surface area contributed by atoms with Gasteiger partial charge in [0.05, 0.1) is 16.8 Å². The standard InChI is InChI=1S/C15H15N5O4/c1-7-10(13(22)23)20-12(21)11(18-7)19-8-2-5-17-9(6-8)15(3-4-15)14(16)24/h2,5-6H,3-4H2,1H3,(H2,16,24)(H,20,21)(H,22,23)(H,17,18,19). The quantitative estimate of drug-likeness (QED) is 0.621. The van der Waals surface area contributed by atoms with Crippen molar-refractivity contribution in [3.8, 4) is 0 Å². The highest BCUT2D eigenvalue weighted by atomic mass is 16.4. The first kappa shape index (κ1) is 15.7. The van der Waals surface area contributed by atoms with Crippen molar-refractivity contribution in [2.45, 2.75) is 25.2 Å². The normalized spacial score (nSPS) is 14.9. The van der Waals surface area contributed by atoms with Crippen molar-refractivity contribution >= 4 is 23.4 Å². The van der Waals surface area contributed by atoms with E-state index in [-0.39, 0.29) is 17.2 Å². The van der Waals surface area contributed by atoms with Crippen molar-refractivity contribution in [3.63, 3.8) is 0 Å². The molecule has 0 saturated heterocycles. The first-order valence-electron chi connectivity index (χ1n) is 7.21. The SMILES string of the molecule is Cc1nc(Nc2ccnc(C3(C(N)=O)CC3)c2)c(=O)[nH]c1C(=O)O. The Balaban J connectivity index is 1.93. The van der Waals surface area contributed by atoms with E-state index in [0.29, 0.717) is 24.2 Å². The van der Waals surface area contributed by atoms with Gasteiger partial charge in [-0.3, -0.25) is 14.6 Å². The van der Waals surface area contributed by atoms with Gasteiger partial charge in [0.15, 0.2) is 5.82 Å². The molecule has 2 heterocycles. The van der Waals surface area contributed by atoms with Crippen LogP contribution in [0.15, 0.2) is 23.1 Å². The Morgan fingerprint density at radius 3 is 2.71 bits per heavy atom. The van der Waals surface area contributed by atoms with Crippen LogP contribution in [-0.4, -0.2) is 31.9 Å². The summed E-state index contributed by atoms with van der Waals surface area (Å²) in [5.41, 5.74) is 5.00. The number of carboxylic acid groups (broad SMARTS) is 1. The molecule has 1 aliphatic carbocycles. The minimum atomic E-state index is -1.26. The molecule has 5 N–H and O–H groups in total. The van der Waals surface area contributed by atoms with Gasteiger partial charge in [0.25, 0.3) is 5.56 Å². The molecule has 1 saturated carbocycles. The van der Waals surface area contributed by atoms with Gasteiger partial charge in [-0.15, -0.1) is 0 Å². The van der Waals surface area contributed by atoms with Crippen molar-refractivity contribution in [2.75, 3.05) is 5.32 Å². The maximum Gasteiger partial charge on any atom is 0.354 e. The zero-order valence-electron chi connectivity index (χ0n) is 12.8. The molecule has 3 rings (SSSR count). The van der Waals surface area contributed by atoms with Gasteiger partial charge < -0.3 is 21.1 Å². The van der Waals surface area contributed by atoms with Gasteiger partial charge in [0.2, 0.25) is 5.91 Å². The second-order valence-electron chi connectivity index (χ2n) is 5.68. The summed E-state index contributed by atoms with van der Waals surface area (Å²) >= 11 is 0. The Morgan fingerprint density at radius 2 is 2.12 bits per heavy atom. The maximum absolute atomic E-state index is 12.0. The number of primary amides is 1. The highest BCUT2D eigenvalue weighted by Crippen LogP contribution is 2.47. The molecule has 9 nitrogen and oxygen atoms in total. The molecule has 0 radical (unpaired) electrons. The first-order chi connectivity index (χ1) is 11.3. The molecule has 24 heavy (non-hydrogen) atoms. The summed E-state index contributed by atoms with van der Waals surface area (Å²) in [6, 6.07) is 3.25. The lowest BCUT2D eigenvalue weighted by molar-refractivity contribution is -0.120. The Labute approximate surface area is 135 Å². The number of aromatic nitrogens is 3. The molecule has 1 amide bonds. The summed E-state index contributed by atoms with van der Waals surface area (Å²) in [5, 5.41) is 11.8. The number of aromatic amines is 1. The Kier molecular flexibility index (Phi) is 3.55. The van der Waals surface area contributed by atoms with Gasteiger partial charge >= 0.3 is 5.97 Å². The fraction of sp³-hybridized carbons (Fsp3) is 0.267. The van der Waals surface area contributed by atoms with E-state index in [0.717, 1.165) is 0 Å². The van der Waals surface area contributed by atoms with Crippen molar-refractivity contribution in [3.05, 3.63) is 45.8 Å². The molecule has 0 aliphatic heterocycles. The van der Waals surface area contributed by atoms with E-state index < -0.39 is 22.9 Å². The van der Waals surface area contributed by atoms with Crippen LogP contribution in [0.5, 0.6) is 0 Å². The second-order valence-corrected chi connectivity index (χ2v) is 5.68. The van der Waals surface area contributed by atoms with Crippen molar-refractivity contribution in [2.24, 2.45) is 5.73 Å². The molecule has 0 atom stereocenters. The van der Waals surface area contributed by atoms with Crippen molar-refractivity contribution in [1.82, 2.24) is 15.0 Å². The van der Waals surface area contributed by atoms with Gasteiger partial charge in [-0.05, 0) is 31.9 Å². The molecular weight excluding hydrogens is 314 g/mol. The first-order valence-corrected chi connectivity index (χ1v) is 7.21. The fourth-order valence-corrected chi connectivity index (χ4v) is 2.49. The van der Waals surface area contributed by atoms with Crippen LogP contribution in [0.25, 0.3) is 0 Å². The zero-order valence-corrected chi connectivity index (χ0v) is 12.8. The molecule has 0 unspecified atom stereocenters. The van der Waals surface area contributed by atoms with Crippen molar-refractivity contribution < 1.29 is 14.7 Å². The number of hydrogen-bond acceptors (Lipinski definition) is 6. The van der Waals surface area contributed by atoms with E-state index in [1.54, 1.807) is 12.1 Å². The molecule has 1 aliphatic rings. The maximum atomic E-state index is 12.0. The number of pyridine rings is 1. The average molecular weight is 329 g/mol. The number of amides is 1. The summed E-state index contributed by atoms with van der Waals surface area (Å²) in [4.78, 5) is 45.0. The van der Waals surface area contributed by atoms with Crippen molar-refractivity contribution in [1.29, 1.82) is 0 Å². The number of carbonyl (C=O) groups excluding carboxylic acids is 1. The predicted octanol–water partition coefficient (Wildman–Crippen LogP) is 0.432. The Morgan fingerprint density at radius 1 is 1.42 bits per heavy atom. The number of nitrogens with one attached hydrogen (secondary N) is 2. The van der Waals surface area contributed by atoms with E-state index in [9.17, 15) is 14.4 Å². The third kappa shape index (κ3) is 2.60. The largest absolute Gasteiger partial charge is 0.477 e. The number of rotatable bonds is 5.